The van der Waals surface area contributed by atoms with Crippen LogP contribution in [0.1, 0.15) is 19.3 Å². The number of pyridine rings is 1. The molecule has 3 rings (SSSR count). The van der Waals surface area contributed by atoms with Gasteiger partial charge in [-0.2, -0.15) is 5.10 Å². The van der Waals surface area contributed by atoms with Crippen LogP contribution in [0, 0.1) is 10.1 Å². The number of aromatic nitrogens is 3. The SMILES string of the molecule is O=[N+]([O-])c1cccnc1Nc1cnn(CCN2CCCCC2)c1. The highest BCUT2D eigenvalue weighted by Gasteiger charge is 2.15. The Hall–Kier alpha value is -2.48. The number of hydrogen-bond acceptors (Lipinski definition) is 6. The Morgan fingerprint density at radius 2 is 2.09 bits per heavy atom. The second kappa shape index (κ2) is 7.19. The fourth-order valence-electron chi connectivity index (χ4n) is 2.75. The highest BCUT2D eigenvalue weighted by molar-refractivity contribution is 5.64. The van der Waals surface area contributed by atoms with Gasteiger partial charge in [-0.1, -0.05) is 6.42 Å². The summed E-state index contributed by atoms with van der Waals surface area (Å²) >= 11 is 0. The van der Waals surface area contributed by atoms with E-state index in [4.69, 9.17) is 0 Å². The summed E-state index contributed by atoms with van der Waals surface area (Å²) in [5.41, 5.74) is 0.652. The van der Waals surface area contributed by atoms with Crippen molar-refractivity contribution in [2.45, 2.75) is 25.8 Å². The minimum absolute atomic E-state index is 0.0476. The molecule has 0 unspecified atom stereocenters. The summed E-state index contributed by atoms with van der Waals surface area (Å²) < 4.78 is 1.85. The topological polar surface area (TPSA) is 89.1 Å². The minimum Gasteiger partial charge on any atom is -0.332 e. The third-order valence-corrected chi connectivity index (χ3v) is 3.97. The van der Waals surface area contributed by atoms with Crippen LogP contribution in [0.2, 0.25) is 0 Å². The lowest BCUT2D eigenvalue weighted by Crippen LogP contribution is -2.32. The molecule has 0 spiro atoms. The first-order chi connectivity index (χ1) is 11.2. The summed E-state index contributed by atoms with van der Waals surface area (Å²) in [6, 6.07) is 2.97. The van der Waals surface area contributed by atoms with Crippen molar-refractivity contribution in [3.05, 3.63) is 40.8 Å². The van der Waals surface area contributed by atoms with Gasteiger partial charge in [-0.3, -0.25) is 14.8 Å². The molecule has 1 fully saturated rings. The summed E-state index contributed by atoms with van der Waals surface area (Å²) in [7, 11) is 0. The van der Waals surface area contributed by atoms with Crippen LogP contribution in [0.3, 0.4) is 0 Å². The van der Waals surface area contributed by atoms with Crippen molar-refractivity contribution in [1.29, 1.82) is 0 Å². The van der Waals surface area contributed by atoms with E-state index < -0.39 is 4.92 Å². The zero-order valence-electron chi connectivity index (χ0n) is 12.9. The largest absolute Gasteiger partial charge is 0.332 e. The molecule has 0 radical (unpaired) electrons. The number of piperidine rings is 1. The van der Waals surface area contributed by atoms with Gasteiger partial charge in [0.25, 0.3) is 0 Å². The number of nitrogens with one attached hydrogen (secondary N) is 1. The van der Waals surface area contributed by atoms with Crippen molar-refractivity contribution < 1.29 is 4.92 Å². The van der Waals surface area contributed by atoms with Crippen molar-refractivity contribution in [1.82, 2.24) is 19.7 Å². The van der Waals surface area contributed by atoms with Crippen LogP contribution in [0.5, 0.6) is 0 Å². The van der Waals surface area contributed by atoms with Gasteiger partial charge in [0.05, 0.1) is 23.4 Å². The Bertz CT molecular complexity index is 665. The highest BCUT2D eigenvalue weighted by Crippen LogP contribution is 2.24. The van der Waals surface area contributed by atoms with Gasteiger partial charge in [-0.05, 0) is 32.0 Å². The molecule has 8 heteroatoms. The van der Waals surface area contributed by atoms with E-state index in [-0.39, 0.29) is 11.5 Å². The number of anilines is 2. The smallest absolute Gasteiger partial charge is 0.311 e. The van der Waals surface area contributed by atoms with E-state index in [0.29, 0.717) is 5.69 Å². The molecule has 0 bridgehead atoms. The Balaban J connectivity index is 1.60. The zero-order chi connectivity index (χ0) is 16.1. The Morgan fingerprint density at radius 1 is 1.26 bits per heavy atom. The second-order valence-corrected chi connectivity index (χ2v) is 5.65. The molecule has 2 aromatic rings. The van der Waals surface area contributed by atoms with E-state index in [1.807, 2.05) is 10.9 Å². The van der Waals surface area contributed by atoms with Gasteiger partial charge in [0.15, 0.2) is 0 Å². The van der Waals surface area contributed by atoms with Crippen LogP contribution in [0.25, 0.3) is 0 Å². The number of nitro groups is 1. The molecule has 0 amide bonds. The summed E-state index contributed by atoms with van der Waals surface area (Å²) in [5, 5.41) is 18.3. The normalized spacial score (nSPS) is 15.5. The first kappa shape index (κ1) is 15.4. The second-order valence-electron chi connectivity index (χ2n) is 5.65. The average molecular weight is 316 g/mol. The fourth-order valence-corrected chi connectivity index (χ4v) is 2.75. The number of nitrogens with zero attached hydrogens (tertiary/aromatic N) is 5. The maximum absolute atomic E-state index is 11.0. The molecule has 1 aliphatic rings. The first-order valence-electron chi connectivity index (χ1n) is 7.83. The Kier molecular flexibility index (Phi) is 4.82. The van der Waals surface area contributed by atoms with Crippen molar-refractivity contribution >= 4 is 17.2 Å². The molecule has 8 nitrogen and oxygen atoms in total. The van der Waals surface area contributed by atoms with Crippen molar-refractivity contribution in [3.8, 4) is 0 Å². The Labute approximate surface area is 134 Å². The van der Waals surface area contributed by atoms with E-state index in [0.717, 1.165) is 26.2 Å². The zero-order valence-corrected chi connectivity index (χ0v) is 12.9. The highest BCUT2D eigenvalue weighted by atomic mass is 16.6. The standard InChI is InChI=1S/C15H20N6O2/c22-21(23)14-5-4-6-16-15(14)18-13-11-17-20(12-13)10-9-19-7-2-1-3-8-19/h4-6,11-12H,1-3,7-10H2,(H,16,18). The fraction of sp³-hybridized carbons (Fsp3) is 0.467. The molecule has 0 aliphatic carbocycles. The lowest BCUT2D eigenvalue weighted by atomic mass is 10.1. The molecule has 1 saturated heterocycles. The van der Waals surface area contributed by atoms with E-state index >= 15 is 0 Å². The number of likely N-dealkylation sites (tertiary alicyclic amines) is 1. The van der Waals surface area contributed by atoms with Crippen LogP contribution in [-0.2, 0) is 6.54 Å². The Morgan fingerprint density at radius 3 is 2.87 bits per heavy atom. The molecule has 0 saturated carbocycles. The summed E-state index contributed by atoms with van der Waals surface area (Å²) in [5.74, 6) is 0.230. The lowest BCUT2D eigenvalue weighted by Gasteiger charge is -2.26. The quantitative estimate of drug-likeness (QED) is 0.650. The predicted octanol–water partition coefficient (Wildman–Crippen LogP) is 2.42. The first-order valence-corrected chi connectivity index (χ1v) is 7.83. The molecular formula is C15H20N6O2. The average Bonchev–Trinajstić information content (AvgIpc) is 3.02. The number of rotatable bonds is 6. The van der Waals surface area contributed by atoms with Crippen LogP contribution in [0.15, 0.2) is 30.7 Å². The molecule has 0 aromatic carbocycles. The molecule has 1 N–H and O–H groups in total. The summed E-state index contributed by atoms with van der Waals surface area (Å²) in [6.07, 6.45) is 8.91. The molecule has 1 aliphatic heterocycles. The van der Waals surface area contributed by atoms with Gasteiger partial charge < -0.3 is 10.2 Å². The van der Waals surface area contributed by atoms with Crippen molar-refractivity contribution in [2.75, 3.05) is 25.0 Å². The predicted molar refractivity (Wildman–Crippen MR) is 86.7 cm³/mol. The molecule has 3 heterocycles. The third-order valence-electron chi connectivity index (χ3n) is 3.97. The minimum atomic E-state index is -0.448. The molecule has 0 atom stereocenters. The molecule has 2 aromatic heterocycles. The van der Waals surface area contributed by atoms with Crippen LogP contribution in [-0.4, -0.2) is 44.2 Å². The van der Waals surface area contributed by atoms with Gasteiger partial charge in [0.2, 0.25) is 5.82 Å². The van der Waals surface area contributed by atoms with E-state index in [1.54, 1.807) is 12.3 Å². The van der Waals surface area contributed by atoms with Gasteiger partial charge in [0, 0.05) is 25.0 Å². The van der Waals surface area contributed by atoms with E-state index in [9.17, 15) is 10.1 Å². The molecule has 122 valence electrons. The van der Waals surface area contributed by atoms with Crippen LogP contribution in [0.4, 0.5) is 17.2 Å². The van der Waals surface area contributed by atoms with Crippen molar-refractivity contribution in [3.63, 3.8) is 0 Å². The monoisotopic (exact) mass is 316 g/mol. The lowest BCUT2D eigenvalue weighted by molar-refractivity contribution is -0.384. The molecule has 23 heavy (non-hydrogen) atoms. The van der Waals surface area contributed by atoms with Crippen LogP contribution < -0.4 is 5.32 Å². The summed E-state index contributed by atoms with van der Waals surface area (Å²) in [4.78, 5) is 17.0. The van der Waals surface area contributed by atoms with Gasteiger partial charge in [-0.25, -0.2) is 4.98 Å². The van der Waals surface area contributed by atoms with E-state index in [2.05, 4.69) is 20.3 Å². The number of hydrogen-bond donors (Lipinski definition) is 1. The van der Waals surface area contributed by atoms with Crippen molar-refractivity contribution in [2.24, 2.45) is 0 Å². The van der Waals surface area contributed by atoms with E-state index in [1.165, 1.54) is 31.5 Å². The van der Waals surface area contributed by atoms with Crippen LogP contribution >= 0.6 is 0 Å². The van der Waals surface area contributed by atoms with Gasteiger partial charge in [-0.15, -0.1) is 0 Å². The maximum Gasteiger partial charge on any atom is 0.311 e. The van der Waals surface area contributed by atoms with Gasteiger partial charge >= 0.3 is 5.69 Å². The van der Waals surface area contributed by atoms with Gasteiger partial charge in [0.1, 0.15) is 0 Å². The maximum atomic E-state index is 11.0. The third kappa shape index (κ3) is 4.04. The summed E-state index contributed by atoms with van der Waals surface area (Å²) in [6.45, 7) is 4.11. The molecular weight excluding hydrogens is 296 g/mol.